The molecule has 3 heterocycles. The quantitative estimate of drug-likeness (QED) is 0.462. The van der Waals surface area contributed by atoms with Crippen molar-refractivity contribution in [2.24, 2.45) is 0 Å². The Morgan fingerprint density at radius 1 is 1.23 bits per heavy atom. The van der Waals surface area contributed by atoms with E-state index in [1.165, 1.54) is 0 Å². The number of hydrogen-bond acceptors (Lipinski definition) is 6. The number of amides is 1. The summed E-state index contributed by atoms with van der Waals surface area (Å²) in [4.78, 5) is 20.6. The molecule has 1 saturated heterocycles. The van der Waals surface area contributed by atoms with Gasteiger partial charge in [0, 0.05) is 35.4 Å². The molecule has 0 unspecified atom stereocenters. The van der Waals surface area contributed by atoms with Crippen molar-refractivity contribution in [3.63, 3.8) is 0 Å². The largest absolute Gasteiger partial charge is 0.484 e. The molecule has 1 aliphatic heterocycles. The topological polar surface area (TPSA) is 68.5 Å². The normalized spacial score (nSPS) is 16.3. The summed E-state index contributed by atoms with van der Waals surface area (Å²) < 4.78 is 11.3. The molecule has 0 aliphatic carbocycles. The van der Waals surface area contributed by atoms with Crippen molar-refractivity contribution >= 4 is 17.7 Å². The van der Waals surface area contributed by atoms with Crippen molar-refractivity contribution in [1.82, 2.24) is 15.0 Å². The van der Waals surface area contributed by atoms with Crippen LogP contribution in [0.3, 0.4) is 0 Å². The lowest BCUT2D eigenvalue weighted by Crippen LogP contribution is -2.44. The molecule has 4 rings (SSSR count). The zero-order valence-corrected chi connectivity index (χ0v) is 18.5. The van der Waals surface area contributed by atoms with E-state index in [9.17, 15) is 4.79 Å². The lowest BCUT2D eigenvalue weighted by molar-refractivity contribution is 0.0591. The summed E-state index contributed by atoms with van der Waals surface area (Å²) in [6, 6.07) is 15.7. The molecule has 0 N–H and O–H groups in total. The summed E-state index contributed by atoms with van der Waals surface area (Å²) in [6.45, 7) is 0.993. The highest BCUT2D eigenvalue weighted by Gasteiger charge is 2.29. The fraction of sp³-hybridized carbons (Fsp3) is 0.375. The summed E-state index contributed by atoms with van der Waals surface area (Å²) in [7, 11) is 0. The second kappa shape index (κ2) is 10.5. The SMILES string of the molecule is CSc1ccccc1OCc1cc(C(=O)N2CCCC[C@H]2CCc2ccccn2)no1. The van der Waals surface area contributed by atoms with E-state index in [0.717, 1.165) is 55.0 Å². The molecule has 0 spiro atoms. The number of rotatable bonds is 8. The highest BCUT2D eigenvalue weighted by Crippen LogP contribution is 2.28. The third-order valence-electron chi connectivity index (χ3n) is 5.56. The van der Waals surface area contributed by atoms with E-state index >= 15 is 0 Å². The molecule has 1 aromatic carbocycles. The average molecular weight is 438 g/mol. The molecule has 0 saturated carbocycles. The van der Waals surface area contributed by atoms with Gasteiger partial charge in [0.05, 0.1) is 0 Å². The molecule has 0 bridgehead atoms. The van der Waals surface area contributed by atoms with Crippen molar-refractivity contribution in [1.29, 1.82) is 0 Å². The first kappa shape index (κ1) is 21.4. The van der Waals surface area contributed by atoms with Crippen molar-refractivity contribution < 1.29 is 14.1 Å². The number of carbonyl (C=O) groups is 1. The van der Waals surface area contributed by atoms with Gasteiger partial charge in [-0.2, -0.15) is 0 Å². The molecular weight excluding hydrogens is 410 g/mol. The van der Waals surface area contributed by atoms with Crippen molar-refractivity contribution in [3.05, 3.63) is 71.9 Å². The number of likely N-dealkylation sites (tertiary alicyclic amines) is 1. The third-order valence-corrected chi connectivity index (χ3v) is 6.34. The summed E-state index contributed by atoms with van der Waals surface area (Å²) in [5.41, 5.74) is 1.41. The Kier molecular flexibility index (Phi) is 7.25. The second-order valence-corrected chi connectivity index (χ2v) is 8.47. The van der Waals surface area contributed by atoms with Gasteiger partial charge in [-0.1, -0.05) is 23.4 Å². The standard InChI is InChI=1S/C24H27N3O3S/c1-31-23-11-3-2-10-22(23)29-17-20-16-21(26-30-20)24(28)27-15-7-5-9-19(27)13-12-18-8-4-6-14-25-18/h2-4,6,8,10-11,14,16,19H,5,7,9,12-13,15,17H2,1H3/t19-/m0/s1. The van der Waals surface area contributed by atoms with E-state index in [-0.39, 0.29) is 18.6 Å². The van der Waals surface area contributed by atoms with Gasteiger partial charge in [0.2, 0.25) is 0 Å². The fourth-order valence-corrected chi connectivity index (χ4v) is 4.49. The molecule has 0 radical (unpaired) electrons. The number of aryl methyl sites for hydroxylation is 1. The Bertz CT molecular complexity index is 992. The van der Waals surface area contributed by atoms with Gasteiger partial charge >= 0.3 is 0 Å². The molecule has 2 aromatic heterocycles. The Labute approximate surface area is 187 Å². The minimum absolute atomic E-state index is 0.0646. The number of hydrogen-bond donors (Lipinski definition) is 0. The number of pyridine rings is 1. The number of piperidine rings is 1. The van der Waals surface area contributed by atoms with Crippen LogP contribution in [0.1, 0.15) is 47.6 Å². The maximum Gasteiger partial charge on any atom is 0.276 e. The van der Waals surface area contributed by atoms with Crippen LogP contribution in [-0.4, -0.2) is 39.8 Å². The fourth-order valence-electron chi connectivity index (χ4n) is 3.94. The average Bonchev–Trinajstić information content (AvgIpc) is 3.31. The predicted octanol–water partition coefficient (Wildman–Crippen LogP) is 5.00. The van der Waals surface area contributed by atoms with E-state index in [4.69, 9.17) is 9.26 Å². The number of aromatic nitrogens is 2. The van der Waals surface area contributed by atoms with Gasteiger partial charge in [-0.3, -0.25) is 9.78 Å². The minimum atomic E-state index is -0.0646. The van der Waals surface area contributed by atoms with Crippen molar-refractivity contribution in [2.45, 2.75) is 49.6 Å². The van der Waals surface area contributed by atoms with Crippen LogP contribution in [0.4, 0.5) is 0 Å². The number of ether oxygens (including phenoxy) is 1. The summed E-state index contributed by atoms with van der Waals surface area (Å²) in [6.07, 6.45) is 8.77. The minimum Gasteiger partial charge on any atom is -0.484 e. The smallest absolute Gasteiger partial charge is 0.276 e. The van der Waals surface area contributed by atoms with Crippen molar-refractivity contribution in [3.8, 4) is 5.75 Å². The molecule has 1 aliphatic rings. The van der Waals surface area contributed by atoms with Gasteiger partial charge < -0.3 is 14.2 Å². The molecule has 162 valence electrons. The van der Waals surface area contributed by atoms with Crippen LogP contribution in [-0.2, 0) is 13.0 Å². The zero-order valence-electron chi connectivity index (χ0n) is 17.7. The number of para-hydroxylation sites is 1. The number of thioether (sulfide) groups is 1. The second-order valence-electron chi connectivity index (χ2n) is 7.63. The monoisotopic (exact) mass is 437 g/mol. The first-order valence-electron chi connectivity index (χ1n) is 10.7. The van der Waals surface area contributed by atoms with Gasteiger partial charge in [0.1, 0.15) is 12.4 Å². The predicted molar refractivity (Wildman–Crippen MR) is 120 cm³/mol. The summed E-state index contributed by atoms with van der Waals surface area (Å²) >= 11 is 1.63. The number of benzene rings is 1. The lowest BCUT2D eigenvalue weighted by atomic mass is 9.96. The zero-order chi connectivity index (χ0) is 21.5. The Balaban J connectivity index is 1.38. The number of carbonyl (C=O) groups excluding carboxylic acids is 1. The van der Waals surface area contributed by atoms with Gasteiger partial charge in [-0.25, -0.2) is 0 Å². The van der Waals surface area contributed by atoms with Crippen LogP contribution in [0.5, 0.6) is 5.75 Å². The van der Waals surface area contributed by atoms with Crippen LogP contribution in [0.25, 0.3) is 0 Å². The summed E-state index contributed by atoms with van der Waals surface area (Å²) in [5, 5.41) is 4.04. The molecule has 1 amide bonds. The van der Waals surface area contributed by atoms with E-state index in [2.05, 4.69) is 10.1 Å². The number of nitrogens with zero attached hydrogens (tertiary/aromatic N) is 3. The maximum absolute atomic E-state index is 13.2. The molecule has 1 atom stereocenters. The molecule has 1 fully saturated rings. The van der Waals surface area contributed by atoms with Crippen LogP contribution in [0, 0.1) is 0 Å². The van der Waals surface area contributed by atoms with Gasteiger partial charge in [0.15, 0.2) is 11.5 Å². The van der Waals surface area contributed by atoms with Crippen LogP contribution in [0.15, 0.2) is 64.1 Å². The third kappa shape index (κ3) is 5.47. The van der Waals surface area contributed by atoms with Gasteiger partial charge in [-0.15, -0.1) is 11.8 Å². The molecule has 7 heteroatoms. The Hall–Kier alpha value is -2.80. The van der Waals surface area contributed by atoms with Crippen LogP contribution < -0.4 is 4.74 Å². The highest BCUT2D eigenvalue weighted by molar-refractivity contribution is 7.98. The van der Waals surface area contributed by atoms with E-state index in [0.29, 0.717) is 11.5 Å². The Morgan fingerprint density at radius 2 is 2.10 bits per heavy atom. The van der Waals surface area contributed by atoms with Crippen molar-refractivity contribution in [2.75, 3.05) is 12.8 Å². The molecule has 31 heavy (non-hydrogen) atoms. The van der Waals surface area contributed by atoms with E-state index in [1.807, 2.05) is 59.8 Å². The van der Waals surface area contributed by atoms with Gasteiger partial charge in [0.25, 0.3) is 5.91 Å². The molecular formula is C24H27N3O3S. The first-order valence-corrected chi connectivity index (χ1v) is 11.9. The maximum atomic E-state index is 13.2. The van der Waals surface area contributed by atoms with E-state index < -0.39 is 0 Å². The van der Waals surface area contributed by atoms with Crippen LogP contribution >= 0.6 is 11.8 Å². The molecule has 3 aromatic rings. The molecule has 6 nitrogen and oxygen atoms in total. The lowest BCUT2D eigenvalue weighted by Gasteiger charge is -2.35. The van der Waals surface area contributed by atoms with Crippen LogP contribution in [0.2, 0.25) is 0 Å². The highest BCUT2D eigenvalue weighted by atomic mass is 32.2. The summed E-state index contributed by atoms with van der Waals surface area (Å²) in [5.74, 6) is 1.27. The Morgan fingerprint density at radius 3 is 2.94 bits per heavy atom. The van der Waals surface area contributed by atoms with E-state index in [1.54, 1.807) is 17.8 Å². The first-order chi connectivity index (χ1) is 15.2. The van der Waals surface area contributed by atoms with Gasteiger partial charge in [-0.05, 0) is 62.6 Å².